The molecule has 1 unspecified atom stereocenters. The van der Waals surface area contributed by atoms with Crippen molar-refractivity contribution >= 4 is 22.5 Å². The van der Waals surface area contributed by atoms with Crippen molar-refractivity contribution in [2.45, 2.75) is 26.3 Å². The highest BCUT2D eigenvalue weighted by atomic mass is 16.3. The van der Waals surface area contributed by atoms with Crippen LogP contribution < -0.4 is 11.1 Å². The summed E-state index contributed by atoms with van der Waals surface area (Å²) in [6.07, 6.45) is 0.547. The van der Waals surface area contributed by atoms with E-state index in [0.717, 1.165) is 10.9 Å². The molecule has 0 saturated carbocycles. The van der Waals surface area contributed by atoms with Gasteiger partial charge in [-0.2, -0.15) is 0 Å². The first-order chi connectivity index (χ1) is 9.52. The second-order valence-corrected chi connectivity index (χ2v) is 5.33. The summed E-state index contributed by atoms with van der Waals surface area (Å²) in [4.78, 5) is 15.3. The lowest BCUT2D eigenvalue weighted by Crippen LogP contribution is -2.39. The zero-order valence-electron chi connectivity index (χ0n) is 11.8. The van der Waals surface area contributed by atoms with E-state index in [9.17, 15) is 4.79 Å². The molecule has 20 heavy (non-hydrogen) atoms. The number of hydrogen-bond acceptors (Lipinski definition) is 3. The number of aromatic nitrogens is 1. The highest BCUT2D eigenvalue weighted by Crippen LogP contribution is 2.21. The van der Waals surface area contributed by atoms with Gasteiger partial charge in [0.05, 0.1) is 11.2 Å². The maximum absolute atomic E-state index is 12.3. The van der Waals surface area contributed by atoms with E-state index in [1.54, 1.807) is 12.1 Å². The Morgan fingerprint density at radius 2 is 2.20 bits per heavy atom. The summed E-state index contributed by atoms with van der Waals surface area (Å²) >= 11 is 0. The Hall–Kier alpha value is -2.01. The molecule has 0 radical (unpaired) electrons. The smallest absolute Gasteiger partial charge is 0.267 e. The number of aromatic amines is 1. The van der Waals surface area contributed by atoms with Crippen molar-refractivity contribution < 1.29 is 9.90 Å². The highest BCUT2D eigenvalue weighted by molar-refractivity contribution is 6.00. The van der Waals surface area contributed by atoms with Gasteiger partial charge in [-0.05, 0) is 24.5 Å². The van der Waals surface area contributed by atoms with Gasteiger partial charge in [0.25, 0.3) is 5.91 Å². The number of fused-ring (bicyclic) bond motifs is 1. The van der Waals surface area contributed by atoms with Crippen molar-refractivity contribution in [1.82, 2.24) is 10.3 Å². The summed E-state index contributed by atoms with van der Waals surface area (Å²) in [7, 11) is 0. The molecule has 1 atom stereocenters. The molecule has 1 aromatic carbocycles. The quantitative estimate of drug-likeness (QED) is 0.628. The fraction of sp³-hybridized carbons (Fsp3) is 0.400. The molecule has 0 fully saturated rings. The molecule has 0 bridgehead atoms. The molecular weight excluding hydrogens is 254 g/mol. The Morgan fingerprint density at radius 3 is 2.80 bits per heavy atom. The van der Waals surface area contributed by atoms with E-state index in [-0.39, 0.29) is 24.5 Å². The number of nitrogen functional groups attached to an aromatic ring is 1. The lowest BCUT2D eigenvalue weighted by molar-refractivity contribution is 0.0912. The third-order valence-corrected chi connectivity index (χ3v) is 3.49. The van der Waals surface area contributed by atoms with Crippen LogP contribution >= 0.6 is 0 Å². The van der Waals surface area contributed by atoms with Crippen LogP contribution in [-0.2, 0) is 0 Å². The van der Waals surface area contributed by atoms with Crippen molar-refractivity contribution in [2.75, 3.05) is 12.3 Å². The number of H-pyrrole nitrogens is 1. The van der Waals surface area contributed by atoms with Gasteiger partial charge >= 0.3 is 0 Å². The van der Waals surface area contributed by atoms with Crippen molar-refractivity contribution in [3.05, 3.63) is 30.0 Å². The Kier molecular flexibility index (Phi) is 4.29. The molecule has 5 heteroatoms. The molecular formula is C15H21N3O2. The number of para-hydroxylation sites is 1. The number of nitrogens with two attached hydrogens (primary N) is 1. The van der Waals surface area contributed by atoms with Crippen LogP contribution in [0.15, 0.2) is 24.3 Å². The van der Waals surface area contributed by atoms with Crippen LogP contribution in [0.1, 0.15) is 30.8 Å². The molecule has 2 aromatic rings. The van der Waals surface area contributed by atoms with Gasteiger partial charge in [0.2, 0.25) is 0 Å². The van der Waals surface area contributed by atoms with E-state index in [2.05, 4.69) is 10.3 Å². The Balaban J connectivity index is 2.20. The van der Waals surface area contributed by atoms with Crippen LogP contribution in [-0.4, -0.2) is 28.6 Å². The van der Waals surface area contributed by atoms with Crippen molar-refractivity contribution in [2.24, 2.45) is 5.92 Å². The lowest BCUT2D eigenvalue weighted by Gasteiger charge is -2.21. The first kappa shape index (κ1) is 14.4. The van der Waals surface area contributed by atoms with Gasteiger partial charge in [-0.3, -0.25) is 4.79 Å². The topological polar surface area (TPSA) is 91.1 Å². The zero-order valence-corrected chi connectivity index (χ0v) is 11.8. The molecule has 1 heterocycles. The average Bonchev–Trinajstić information content (AvgIpc) is 2.83. The monoisotopic (exact) mass is 275 g/mol. The third-order valence-electron chi connectivity index (χ3n) is 3.49. The van der Waals surface area contributed by atoms with Gasteiger partial charge in [-0.25, -0.2) is 0 Å². The van der Waals surface area contributed by atoms with E-state index in [1.807, 2.05) is 26.0 Å². The normalized spacial score (nSPS) is 12.8. The third kappa shape index (κ3) is 2.93. The second kappa shape index (κ2) is 5.96. The van der Waals surface area contributed by atoms with E-state index >= 15 is 0 Å². The minimum atomic E-state index is -0.173. The number of carbonyl (C=O) groups is 1. The summed E-state index contributed by atoms with van der Waals surface area (Å²) in [6, 6.07) is 7.31. The molecule has 2 rings (SSSR count). The standard InChI is InChI=1S/C15H21N3O2/c1-9(2)12(6-7-19)18-15(20)13-8-10-4-3-5-11(16)14(10)17-13/h3-5,8-9,12,17,19H,6-7,16H2,1-2H3,(H,18,20). The predicted molar refractivity (Wildman–Crippen MR) is 80.5 cm³/mol. The number of amides is 1. The number of anilines is 1. The van der Waals surface area contributed by atoms with Gasteiger partial charge in [0, 0.05) is 18.0 Å². The van der Waals surface area contributed by atoms with Crippen LogP contribution in [0.2, 0.25) is 0 Å². The summed E-state index contributed by atoms with van der Waals surface area (Å²) in [5.41, 5.74) is 7.76. The molecule has 5 nitrogen and oxygen atoms in total. The van der Waals surface area contributed by atoms with Gasteiger partial charge in [-0.15, -0.1) is 0 Å². The lowest BCUT2D eigenvalue weighted by atomic mass is 10.0. The molecule has 1 aromatic heterocycles. The van der Waals surface area contributed by atoms with Crippen LogP contribution in [0.3, 0.4) is 0 Å². The Morgan fingerprint density at radius 1 is 1.45 bits per heavy atom. The first-order valence-corrected chi connectivity index (χ1v) is 6.82. The second-order valence-electron chi connectivity index (χ2n) is 5.33. The molecule has 0 saturated heterocycles. The van der Waals surface area contributed by atoms with Crippen molar-refractivity contribution in [1.29, 1.82) is 0 Å². The summed E-state index contributed by atoms with van der Waals surface area (Å²) in [5.74, 6) is 0.0910. The fourth-order valence-corrected chi connectivity index (χ4v) is 2.26. The number of rotatable bonds is 5. The van der Waals surface area contributed by atoms with Crippen molar-refractivity contribution in [3.8, 4) is 0 Å². The largest absolute Gasteiger partial charge is 0.397 e. The van der Waals surface area contributed by atoms with Crippen LogP contribution in [0, 0.1) is 5.92 Å². The maximum atomic E-state index is 12.3. The van der Waals surface area contributed by atoms with Gasteiger partial charge in [0.1, 0.15) is 5.69 Å². The van der Waals surface area contributed by atoms with E-state index < -0.39 is 0 Å². The first-order valence-electron chi connectivity index (χ1n) is 6.82. The minimum absolute atomic E-state index is 0.0451. The average molecular weight is 275 g/mol. The SMILES string of the molecule is CC(C)C(CCO)NC(=O)c1cc2cccc(N)c2[nH]1. The van der Waals surface area contributed by atoms with Gasteiger partial charge in [-0.1, -0.05) is 26.0 Å². The number of benzene rings is 1. The predicted octanol–water partition coefficient (Wildman–Crippen LogP) is 1.89. The van der Waals surface area contributed by atoms with E-state index in [4.69, 9.17) is 10.8 Å². The van der Waals surface area contributed by atoms with Gasteiger partial charge in [0.15, 0.2) is 0 Å². The van der Waals surface area contributed by atoms with Crippen molar-refractivity contribution in [3.63, 3.8) is 0 Å². The van der Waals surface area contributed by atoms with E-state index in [0.29, 0.717) is 17.8 Å². The van der Waals surface area contributed by atoms with Crippen LogP contribution in [0.5, 0.6) is 0 Å². The van der Waals surface area contributed by atoms with Crippen LogP contribution in [0.25, 0.3) is 10.9 Å². The number of carbonyl (C=O) groups excluding carboxylic acids is 1. The fourth-order valence-electron chi connectivity index (χ4n) is 2.26. The van der Waals surface area contributed by atoms with E-state index in [1.165, 1.54) is 0 Å². The molecule has 1 amide bonds. The minimum Gasteiger partial charge on any atom is -0.397 e. The number of aliphatic hydroxyl groups excluding tert-OH is 1. The summed E-state index contributed by atoms with van der Waals surface area (Å²) in [6.45, 7) is 4.09. The summed E-state index contributed by atoms with van der Waals surface area (Å²) in [5, 5.41) is 12.9. The van der Waals surface area contributed by atoms with Crippen LogP contribution in [0.4, 0.5) is 5.69 Å². The Labute approximate surface area is 118 Å². The van der Waals surface area contributed by atoms with Gasteiger partial charge < -0.3 is 21.1 Å². The molecule has 0 aliphatic heterocycles. The molecule has 108 valence electrons. The Bertz CT molecular complexity index is 604. The number of aliphatic hydroxyl groups is 1. The zero-order chi connectivity index (χ0) is 14.7. The summed E-state index contributed by atoms with van der Waals surface area (Å²) < 4.78 is 0. The molecule has 0 aliphatic rings. The molecule has 0 spiro atoms. The molecule has 0 aliphatic carbocycles. The highest BCUT2D eigenvalue weighted by Gasteiger charge is 2.18. The maximum Gasteiger partial charge on any atom is 0.267 e. The number of hydrogen-bond donors (Lipinski definition) is 4. The molecule has 5 N–H and O–H groups in total. The number of nitrogens with one attached hydrogen (secondary N) is 2.